The van der Waals surface area contributed by atoms with Crippen molar-refractivity contribution in [1.29, 1.82) is 0 Å². The van der Waals surface area contributed by atoms with Gasteiger partial charge in [0.1, 0.15) is 5.75 Å². The highest BCUT2D eigenvalue weighted by Gasteiger charge is 2.31. The van der Waals surface area contributed by atoms with Crippen LogP contribution in [-0.2, 0) is 6.18 Å². The molecule has 28 heavy (non-hydrogen) atoms. The lowest BCUT2D eigenvalue weighted by Gasteiger charge is -2.11. The molecule has 10 heteroatoms. The first-order valence-electron chi connectivity index (χ1n) is 8.78. The van der Waals surface area contributed by atoms with Crippen molar-refractivity contribution in [2.24, 2.45) is 0 Å². The number of rotatable bonds is 2. The number of aromatic hydroxyl groups is 1. The number of fused-ring (bicyclic) bond motifs is 1. The van der Waals surface area contributed by atoms with Gasteiger partial charge in [-0.15, -0.1) is 10.2 Å². The Kier molecular flexibility index (Phi) is 5.68. The second-order valence-electron chi connectivity index (χ2n) is 6.48. The summed E-state index contributed by atoms with van der Waals surface area (Å²) < 4.78 is 39.5. The molecular weight excluding hydrogens is 373 g/mol. The van der Waals surface area contributed by atoms with Crippen LogP contribution in [0, 0.1) is 0 Å². The summed E-state index contributed by atoms with van der Waals surface area (Å²) in [6.45, 7) is 2.64. The highest BCUT2D eigenvalue weighted by Crippen LogP contribution is 2.36. The van der Waals surface area contributed by atoms with E-state index in [1.165, 1.54) is 36.5 Å². The fraction of sp³-hybridized carbons (Fsp3) is 0.389. The van der Waals surface area contributed by atoms with E-state index in [4.69, 9.17) is 0 Å². The molecule has 7 nitrogen and oxygen atoms in total. The fourth-order valence-corrected chi connectivity index (χ4v) is 2.96. The van der Waals surface area contributed by atoms with Gasteiger partial charge in [-0.3, -0.25) is 4.40 Å². The number of benzene rings is 1. The molecule has 1 aliphatic rings. The van der Waals surface area contributed by atoms with Gasteiger partial charge in [0.25, 0.3) is 0 Å². The third kappa shape index (κ3) is 4.16. The van der Waals surface area contributed by atoms with Crippen molar-refractivity contribution in [3.05, 3.63) is 36.2 Å². The summed E-state index contributed by atoms with van der Waals surface area (Å²) in [5, 5.41) is 20.6. The van der Waals surface area contributed by atoms with Crippen LogP contribution in [0.4, 0.5) is 19.0 Å². The summed E-state index contributed by atoms with van der Waals surface area (Å²) in [4.78, 5) is 6.46. The first-order valence-corrected chi connectivity index (χ1v) is 8.78. The van der Waals surface area contributed by atoms with Gasteiger partial charge in [0.2, 0.25) is 0 Å². The number of phenolic OH excluding ortho intramolecular Hbond substituents is 1. The molecule has 1 fully saturated rings. The molecule has 2 aromatic heterocycles. The molecule has 0 bridgehead atoms. The van der Waals surface area contributed by atoms with Crippen LogP contribution in [0.1, 0.15) is 18.4 Å². The summed E-state index contributed by atoms with van der Waals surface area (Å²) in [6, 6.07) is 2.69. The monoisotopic (exact) mass is 394 g/mol. The average Bonchev–Trinajstić information content (AvgIpc) is 3.32. The van der Waals surface area contributed by atoms with Crippen LogP contribution in [0.15, 0.2) is 30.6 Å². The summed E-state index contributed by atoms with van der Waals surface area (Å²) in [6.07, 6.45) is 1.39. The SMILES string of the molecule is CN1CCCC1.CNc1nnc(-c2ccc(C(F)(F)F)cc2O)n2ccnc12. The number of hydrogen-bond acceptors (Lipinski definition) is 6. The molecule has 0 radical (unpaired) electrons. The van der Waals surface area contributed by atoms with E-state index in [0.717, 1.165) is 12.1 Å². The van der Waals surface area contributed by atoms with Crippen molar-refractivity contribution in [3.8, 4) is 17.1 Å². The van der Waals surface area contributed by atoms with Gasteiger partial charge >= 0.3 is 6.18 Å². The summed E-state index contributed by atoms with van der Waals surface area (Å²) >= 11 is 0. The molecule has 0 unspecified atom stereocenters. The van der Waals surface area contributed by atoms with E-state index in [2.05, 4.69) is 32.4 Å². The zero-order valence-corrected chi connectivity index (χ0v) is 15.5. The molecular formula is C18H21F3N6O. The van der Waals surface area contributed by atoms with Crippen molar-refractivity contribution in [2.75, 3.05) is 32.5 Å². The van der Waals surface area contributed by atoms with E-state index in [9.17, 15) is 18.3 Å². The number of phenols is 1. The lowest BCUT2D eigenvalue weighted by Crippen LogP contribution is -2.10. The van der Waals surface area contributed by atoms with Crippen molar-refractivity contribution < 1.29 is 18.3 Å². The smallest absolute Gasteiger partial charge is 0.416 e. The molecule has 0 saturated carbocycles. The molecule has 3 aromatic rings. The Morgan fingerprint density at radius 1 is 1.14 bits per heavy atom. The zero-order chi connectivity index (χ0) is 20.3. The Morgan fingerprint density at radius 3 is 2.39 bits per heavy atom. The Hall–Kier alpha value is -2.88. The average molecular weight is 394 g/mol. The fourth-order valence-electron chi connectivity index (χ4n) is 2.96. The number of nitrogens with zero attached hydrogens (tertiary/aromatic N) is 5. The molecule has 0 amide bonds. The standard InChI is InChI=1S/C13H10F3N5O.C5H11N/c1-17-10-12-18-4-5-21(12)11(20-19-10)8-3-2-7(6-9(8)22)13(14,15)16;1-6-4-2-3-5-6/h2-6,22H,1H3,(H,17,19);2-5H2,1H3. The van der Waals surface area contributed by atoms with Crippen molar-refractivity contribution in [2.45, 2.75) is 19.0 Å². The Bertz CT molecular complexity index is 950. The minimum absolute atomic E-state index is 0.131. The van der Waals surface area contributed by atoms with Gasteiger partial charge in [-0.05, 0) is 51.2 Å². The summed E-state index contributed by atoms with van der Waals surface area (Å²) in [7, 11) is 3.82. The van der Waals surface area contributed by atoms with Crippen molar-refractivity contribution >= 4 is 11.5 Å². The van der Waals surface area contributed by atoms with E-state index in [-0.39, 0.29) is 11.4 Å². The molecule has 1 saturated heterocycles. The molecule has 0 atom stereocenters. The first-order chi connectivity index (χ1) is 13.3. The van der Waals surface area contributed by atoms with Gasteiger partial charge in [0.15, 0.2) is 17.3 Å². The number of anilines is 1. The predicted octanol–water partition coefficient (Wildman–Crippen LogP) is 3.27. The number of aromatic nitrogens is 4. The third-order valence-electron chi connectivity index (χ3n) is 4.46. The second-order valence-corrected chi connectivity index (χ2v) is 6.48. The maximum atomic E-state index is 12.6. The number of halogens is 3. The van der Waals surface area contributed by atoms with Crippen LogP contribution in [0.25, 0.3) is 17.0 Å². The van der Waals surface area contributed by atoms with Crippen LogP contribution >= 0.6 is 0 Å². The lowest BCUT2D eigenvalue weighted by molar-refractivity contribution is -0.137. The molecule has 3 heterocycles. The van der Waals surface area contributed by atoms with Gasteiger partial charge in [-0.25, -0.2) is 4.98 Å². The molecule has 2 N–H and O–H groups in total. The lowest BCUT2D eigenvalue weighted by atomic mass is 10.1. The maximum absolute atomic E-state index is 12.6. The van der Waals surface area contributed by atoms with E-state index < -0.39 is 17.5 Å². The third-order valence-corrected chi connectivity index (χ3v) is 4.46. The second kappa shape index (κ2) is 8.01. The van der Waals surface area contributed by atoms with Crippen molar-refractivity contribution in [1.82, 2.24) is 24.5 Å². The molecule has 0 spiro atoms. The van der Waals surface area contributed by atoms with E-state index in [1.54, 1.807) is 13.2 Å². The van der Waals surface area contributed by atoms with Gasteiger partial charge in [-0.2, -0.15) is 13.2 Å². The Morgan fingerprint density at radius 2 is 1.86 bits per heavy atom. The first kappa shape index (κ1) is 19.9. The van der Waals surface area contributed by atoms with Crippen LogP contribution in [0.3, 0.4) is 0 Å². The van der Waals surface area contributed by atoms with Crippen molar-refractivity contribution in [3.63, 3.8) is 0 Å². The number of likely N-dealkylation sites (tertiary alicyclic amines) is 1. The Labute approximate surface area is 159 Å². The molecule has 1 aliphatic heterocycles. The summed E-state index contributed by atoms with van der Waals surface area (Å²) in [5.74, 6) is 0.0780. The highest BCUT2D eigenvalue weighted by molar-refractivity contribution is 5.70. The van der Waals surface area contributed by atoms with Crippen LogP contribution < -0.4 is 5.32 Å². The minimum Gasteiger partial charge on any atom is -0.507 e. The van der Waals surface area contributed by atoms with E-state index >= 15 is 0 Å². The number of alkyl halides is 3. The van der Waals surface area contributed by atoms with Crippen LogP contribution in [-0.4, -0.2) is 56.8 Å². The Balaban J connectivity index is 0.000000320. The predicted molar refractivity (Wildman–Crippen MR) is 99.2 cm³/mol. The normalized spacial score (nSPS) is 14.8. The highest BCUT2D eigenvalue weighted by atomic mass is 19.4. The van der Waals surface area contributed by atoms with E-state index in [0.29, 0.717) is 17.5 Å². The molecule has 150 valence electrons. The minimum atomic E-state index is -4.53. The number of hydrogen-bond donors (Lipinski definition) is 2. The summed E-state index contributed by atoms with van der Waals surface area (Å²) in [5.41, 5.74) is -0.353. The van der Waals surface area contributed by atoms with Gasteiger partial charge < -0.3 is 15.3 Å². The quantitative estimate of drug-likeness (QED) is 0.695. The molecule has 4 rings (SSSR count). The largest absolute Gasteiger partial charge is 0.507 e. The maximum Gasteiger partial charge on any atom is 0.416 e. The van der Waals surface area contributed by atoms with Crippen LogP contribution in [0.5, 0.6) is 5.75 Å². The van der Waals surface area contributed by atoms with Gasteiger partial charge in [0.05, 0.1) is 11.1 Å². The zero-order valence-electron chi connectivity index (χ0n) is 15.5. The van der Waals surface area contributed by atoms with Crippen LogP contribution in [0.2, 0.25) is 0 Å². The van der Waals surface area contributed by atoms with E-state index in [1.807, 2.05) is 0 Å². The number of imidazole rings is 1. The van der Waals surface area contributed by atoms with Gasteiger partial charge in [0, 0.05) is 19.4 Å². The van der Waals surface area contributed by atoms with Gasteiger partial charge in [-0.1, -0.05) is 0 Å². The number of nitrogens with one attached hydrogen (secondary N) is 1. The molecule has 0 aliphatic carbocycles. The topological polar surface area (TPSA) is 78.6 Å². The molecule has 1 aromatic carbocycles.